The van der Waals surface area contributed by atoms with E-state index < -0.39 is 31.6 Å². The van der Waals surface area contributed by atoms with E-state index in [1.165, 1.54) is 0 Å². The summed E-state index contributed by atoms with van der Waals surface area (Å²) in [5, 5.41) is 10.8. The van der Waals surface area contributed by atoms with Gasteiger partial charge in [0.15, 0.2) is 6.10 Å². The van der Waals surface area contributed by atoms with Crippen molar-refractivity contribution in [2.24, 2.45) is 0 Å². The van der Waals surface area contributed by atoms with E-state index in [1.54, 1.807) is 0 Å². The second-order valence-corrected chi connectivity index (χ2v) is 3.28. The SMILES string of the molecule is OC(CNCCCOCC(F)(F)F)C(F)(F)F. The number of hydrogen-bond donors (Lipinski definition) is 2. The van der Waals surface area contributed by atoms with Gasteiger partial charge in [-0.05, 0) is 13.0 Å². The second kappa shape index (κ2) is 7.02. The van der Waals surface area contributed by atoms with Crippen molar-refractivity contribution < 1.29 is 36.2 Å². The van der Waals surface area contributed by atoms with Gasteiger partial charge >= 0.3 is 12.4 Å². The van der Waals surface area contributed by atoms with Crippen molar-refractivity contribution in [2.75, 3.05) is 26.3 Å². The lowest BCUT2D eigenvalue weighted by atomic mass is 10.3. The predicted molar refractivity (Wildman–Crippen MR) is 46.4 cm³/mol. The number of hydrogen-bond acceptors (Lipinski definition) is 3. The van der Waals surface area contributed by atoms with Gasteiger partial charge in [0.05, 0.1) is 0 Å². The van der Waals surface area contributed by atoms with Crippen LogP contribution in [0.5, 0.6) is 0 Å². The summed E-state index contributed by atoms with van der Waals surface area (Å²) in [4.78, 5) is 0. The first kappa shape index (κ1) is 16.5. The molecule has 0 spiro atoms. The lowest BCUT2D eigenvalue weighted by Gasteiger charge is -2.15. The molecule has 2 N–H and O–H groups in total. The quantitative estimate of drug-likeness (QED) is 0.543. The summed E-state index contributed by atoms with van der Waals surface area (Å²) in [6.45, 7) is -2.25. The first-order valence-corrected chi connectivity index (χ1v) is 4.73. The topological polar surface area (TPSA) is 41.5 Å². The molecule has 9 heteroatoms. The Hall–Kier alpha value is -0.540. The van der Waals surface area contributed by atoms with E-state index in [0.717, 1.165) is 0 Å². The summed E-state index contributed by atoms with van der Waals surface area (Å²) in [6.07, 6.45) is -11.4. The normalized spacial score (nSPS) is 15.0. The van der Waals surface area contributed by atoms with E-state index >= 15 is 0 Å². The molecule has 104 valence electrons. The van der Waals surface area contributed by atoms with Gasteiger partial charge in [-0.15, -0.1) is 0 Å². The molecule has 3 nitrogen and oxygen atoms in total. The lowest BCUT2D eigenvalue weighted by Crippen LogP contribution is -2.38. The van der Waals surface area contributed by atoms with Crippen LogP contribution < -0.4 is 5.32 Å². The van der Waals surface area contributed by atoms with E-state index in [2.05, 4.69) is 10.1 Å². The molecule has 0 amide bonds. The third kappa shape index (κ3) is 10.3. The van der Waals surface area contributed by atoms with E-state index in [4.69, 9.17) is 5.11 Å². The van der Waals surface area contributed by atoms with Crippen LogP contribution in [-0.2, 0) is 4.74 Å². The maximum absolute atomic E-state index is 11.8. The third-order valence-electron chi connectivity index (χ3n) is 1.62. The van der Waals surface area contributed by atoms with Crippen LogP contribution in [0.15, 0.2) is 0 Å². The molecule has 0 aromatic carbocycles. The Bertz CT molecular complexity index is 205. The fourth-order valence-corrected chi connectivity index (χ4v) is 0.842. The van der Waals surface area contributed by atoms with E-state index in [0.29, 0.717) is 0 Å². The summed E-state index contributed by atoms with van der Waals surface area (Å²) in [7, 11) is 0. The molecule has 0 heterocycles. The molecule has 1 atom stereocenters. The Morgan fingerprint density at radius 2 is 1.71 bits per heavy atom. The molecule has 0 fully saturated rings. The van der Waals surface area contributed by atoms with Crippen LogP contribution in [0, 0.1) is 0 Å². The van der Waals surface area contributed by atoms with Crippen molar-refractivity contribution in [3.8, 4) is 0 Å². The molecule has 0 rings (SSSR count). The minimum absolute atomic E-state index is 0.0327. The highest BCUT2D eigenvalue weighted by Crippen LogP contribution is 2.19. The average molecular weight is 269 g/mol. The second-order valence-electron chi connectivity index (χ2n) is 3.28. The van der Waals surface area contributed by atoms with Crippen molar-refractivity contribution in [3.05, 3.63) is 0 Å². The molecular formula is C8H13F6NO2. The Labute approximate surface area is 93.7 Å². The highest BCUT2D eigenvalue weighted by molar-refractivity contribution is 4.67. The van der Waals surface area contributed by atoms with Gasteiger partial charge in [0.1, 0.15) is 6.61 Å². The number of aliphatic hydroxyl groups is 1. The van der Waals surface area contributed by atoms with Crippen molar-refractivity contribution in [3.63, 3.8) is 0 Å². The van der Waals surface area contributed by atoms with Gasteiger partial charge in [-0.1, -0.05) is 0 Å². The number of ether oxygens (including phenoxy) is 1. The van der Waals surface area contributed by atoms with Gasteiger partial charge in [0, 0.05) is 13.2 Å². The lowest BCUT2D eigenvalue weighted by molar-refractivity contribution is -0.201. The van der Waals surface area contributed by atoms with E-state index in [9.17, 15) is 26.3 Å². The monoisotopic (exact) mass is 269 g/mol. The largest absolute Gasteiger partial charge is 0.415 e. The fourth-order valence-electron chi connectivity index (χ4n) is 0.842. The number of aliphatic hydroxyl groups excluding tert-OH is 1. The molecule has 0 aromatic heterocycles. The zero-order valence-electron chi connectivity index (χ0n) is 8.74. The van der Waals surface area contributed by atoms with Gasteiger partial charge in [0.25, 0.3) is 0 Å². The molecule has 0 aliphatic rings. The van der Waals surface area contributed by atoms with Gasteiger partial charge in [-0.2, -0.15) is 26.3 Å². The predicted octanol–water partition coefficient (Wildman–Crippen LogP) is 1.47. The van der Waals surface area contributed by atoms with Crippen LogP contribution in [0.25, 0.3) is 0 Å². The molecule has 0 aliphatic heterocycles. The minimum atomic E-state index is -4.69. The van der Waals surface area contributed by atoms with Crippen molar-refractivity contribution in [1.82, 2.24) is 5.32 Å². The average Bonchev–Trinajstić information content (AvgIpc) is 2.12. The highest BCUT2D eigenvalue weighted by Gasteiger charge is 2.37. The molecule has 0 saturated carbocycles. The molecule has 0 bridgehead atoms. The number of alkyl halides is 6. The molecule has 0 saturated heterocycles. The molecule has 0 aliphatic carbocycles. The number of rotatable bonds is 7. The zero-order valence-corrected chi connectivity index (χ0v) is 8.74. The highest BCUT2D eigenvalue weighted by atomic mass is 19.4. The summed E-state index contributed by atoms with van der Waals surface area (Å²) in [5.74, 6) is 0. The van der Waals surface area contributed by atoms with Crippen LogP contribution in [0.4, 0.5) is 26.3 Å². The minimum Gasteiger partial charge on any atom is -0.382 e. The number of halogens is 6. The molecule has 17 heavy (non-hydrogen) atoms. The van der Waals surface area contributed by atoms with Gasteiger partial charge in [-0.25, -0.2) is 0 Å². The molecule has 0 aromatic rings. The fraction of sp³-hybridized carbons (Fsp3) is 1.00. The van der Waals surface area contributed by atoms with Crippen LogP contribution in [0.3, 0.4) is 0 Å². The van der Waals surface area contributed by atoms with Crippen LogP contribution in [-0.4, -0.2) is 49.9 Å². The Balaban J connectivity index is 3.36. The number of nitrogens with one attached hydrogen (secondary N) is 1. The van der Waals surface area contributed by atoms with Crippen molar-refractivity contribution >= 4 is 0 Å². The molecular weight excluding hydrogens is 256 g/mol. The van der Waals surface area contributed by atoms with E-state index in [-0.39, 0.29) is 19.6 Å². The summed E-state index contributed by atoms with van der Waals surface area (Å²) >= 11 is 0. The maximum Gasteiger partial charge on any atom is 0.415 e. The zero-order chi connectivity index (χ0) is 13.5. The summed E-state index contributed by atoms with van der Waals surface area (Å²) in [6, 6.07) is 0. The molecule has 1 unspecified atom stereocenters. The Morgan fingerprint density at radius 1 is 1.12 bits per heavy atom. The smallest absolute Gasteiger partial charge is 0.382 e. The molecule has 0 radical (unpaired) electrons. The van der Waals surface area contributed by atoms with E-state index in [1.807, 2.05) is 0 Å². The third-order valence-corrected chi connectivity index (χ3v) is 1.62. The van der Waals surface area contributed by atoms with Crippen LogP contribution in [0.2, 0.25) is 0 Å². The first-order valence-electron chi connectivity index (χ1n) is 4.73. The standard InChI is InChI=1S/C8H13F6NO2/c9-7(10,11)5-17-3-1-2-15-4-6(16)8(12,13)14/h6,15-16H,1-5H2. The summed E-state index contributed by atoms with van der Waals surface area (Å²) < 4.78 is 74.2. The first-order chi connectivity index (χ1) is 7.63. The maximum atomic E-state index is 11.8. The van der Waals surface area contributed by atoms with Crippen LogP contribution >= 0.6 is 0 Å². The van der Waals surface area contributed by atoms with Crippen molar-refractivity contribution in [2.45, 2.75) is 24.9 Å². The Morgan fingerprint density at radius 3 is 2.18 bits per heavy atom. The van der Waals surface area contributed by atoms with Crippen LogP contribution in [0.1, 0.15) is 6.42 Å². The summed E-state index contributed by atoms with van der Waals surface area (Å²) in [5.41, 5.74) is 0. The van der Waals surface area contributed by atoms with Gasteiger partial charge in [0.2, 0.25) is 0 Å². The van der Waals surface area contributed by atoms with Gasteiger partial charge in [-0.3, -0.25) is 0 Å². The van der Waals surface area contributed by atoms with Gasteiger partial charge < -0.3 is 15.2 Å². The van der Waals surface area contributed by atoms with Crippen molar-refractivity contribution in [1.29, 1.82) is 0 Å². The Kier molecular flexibility index (Phi) is 6.80.